The molecule has 0 saturated heterocycles. The third-order valence-electron chi connectivity index (χ3n) is 0.934. The van der Waals surface area contributed by atoms with E-state index in [1.54, 1.807) is 6.92 Å². The van der Waals surface area contributed by atoms with Crippen molar-refractivity contribution in [1.82, 2.24) is 5.32 Å². The molecule has 0 aliphatic heterocycles. The second kappa shape index (κ2) is 5.56. The summed E-state index contributed by atoms with van der Waals surface area (Å²) in [6.07, 6.45) is -0.0561. The van der Waals surface area contributed by atoms with Gasteiger partial charge in [-0.1, -0.05) is 0 Å². The number of hydrogen-bond donors (Lipinski definition) is 3. The van der Waals surface area contributed by atoms with Crippen molar-refractivity contribution in [3.05, 3.63) is 0 Å². The van der Waals surface area contributed by atoms with Gasteiger partial charge in [-0.2, -0.15) is 12.6 Å². The van der Waals surface area contributed by atoms with Crippen LogP contribution in [0.25, 0.3) is 0 Å². The van der Waals surface area contributed by atoms with Crippen LogP contribution < -0.4 is 5.32 Å². The number of carbonyl (C=O) groups is 1. The van der Waals surface area contributed by atoms with Gasteiger partial charge in [0.25, 0.3) is 0 Å². The molecule has 0 spiro atoms. The number of carbonyl (C=O) groups excluding carboxylic acids is 1. The van der Waals surface area contributed by atoms with Crippen LogP contribution in [0.5, 0.6) is 0 Å². The van der Waals surface area contributed by atoms with Crippen molar-refractivity contribution >= 4 is 18.5 Å². The summed E-state index contributed by atoms with van der Waals surface area (Å²) >= 11 is 3.88. The lowest BCUT2D eigenvalue weighted by Gasteiger charge is -2.04. The standard InChI is InChI=1S/C6H13NO2S/c1-5(8)4-7-6(9)2-3-10/h5,8,10H,2-4H2,1H3,(H,7,9). The van der Waals surface area contributed by atoms with Crippen molar-refractivity contribution in [2.45, 2.75) is 19.4 Å². The molecule has 0 aromatic heterocycles. The molecule has 0 rings (SSSR count). The maximum atomic E-state index is 10.7. The lowest BCUT2D eigenvalue weighted by atomic mass is 10.4. The third kappa shape index (κ3) is 5.91. The Morgan fingerprint density at radius 2 is 2.40 bits per heavy atom. The van der Waals surface area contributed by atoms with E-state index in [4.69, 9.17) is 5.11 Å². The second-order valence-electron chi connectivity index (χ2n) is 2.13. The zero-order chi connectivity index (χ0) is 7.98. The Morgan fingerprint density at radius 1 is 1.80 bits per heavy atom. The highest BCUT2D eigenvalue weighted by Crippen LogP contribution is 1.83. The molecule has 0 fully saturated rings. The molecule has 1 atom stereocenters. The first-order valence-electron chi connectivity index (χ1n) is 3.22. The highest BCUT2D eigenvalue weighted by atomic mass is 32.1. The number of hydrogen-bond acceptors (Lipinski definition) is 3. The molecule has 1 amide bonds. The van der Waals surface area contributed by atoms with Gasteiger partial charge in [0.05, 0.1) is 6.10 Å². The molecule has 60 valence electrons. The fourth-order valence-corrected chi connectivity index (χ4v) is 0.655. The minimum absolute atomic E-state index is 0.0594. The molecular formula is C6H13NO2S. The number of aliphatic hydroxyl groups is 1. The fraction of sp³-hybridized carbons (Fsp3) is 0.833. The van der Waals surface area contributed by atoms with Gasteiger partial charge in [-0.3, -0.25) is 4.79 Å². The average molecular weight is 163 g/mol. The molecule has 0 aromatic carbocycles. The Kier molecular flexibility index (Phi) is 5.43. The largest absolute Gasteiger partial charge is 0.392 e. The number of nitrogens with one attached hydrogen (secondary N) is 1. The van der Waals surface area contributed by atoms with E-state index in [9.17, 15) is 4.79 Å². The van der Waals surface area contributed by atoms with E-state index in [1.807, 2.05) is 0 Å². The molecule has 1 unspecified atom stereocenters. The van der Waals surface area contributed by atoms with Crippen LogP contribution >= 0.6 is 12.6 Å². The molecule has 0 radical (unpaired) electrons. The molecule has 3 nitrogen and oxygen atoms in total. The second-order valence-corrected chi connectivity index (χ2v) is 2.57. The van der Waals surface area contributed by atoms with Crippen molar-refractivity contribution in [2.24, 2.45) is 0 Å². The van der Waals surface area contributed by atoms with Gasteiger partial charge in [0.2, 0.25) is 5.91 Å². The van der Waals surface area contributed by atoms with Gasteiger partial charge >= 0.3 is 0 Å². The van der Waals surface area contributed by atoms with Crippen LogP contribution in [0.15, 0.2) is 0 Å². The van der Waals surface area contributed by atoms with Crippen LogP contribution in [0.4, 0.5) is 0 Å². The van der Waals surface area contributed by atoms with Crippen LogP contribution in [-0.2, 0) is 4.79 Å². The number of aliphatic hydroxyl groups excluding tert-OH is 1. The predicted molar refractivity (Wildman–Crippen MR) is 43.2 cm³/mol. The lowest BCUT2D eigenvalue weighted by Crippen LogP contribution is -2.30. The van der Waals surface area contributed by atoms with Crippen molar-refractivity contribution < 1.29 is 9.90 Å². The molecule has 0 aliphatic carbocycles. The summed E-state index contributed by atoms with van der Waals surface area (Å²) in [7, 11) is 0. The first-order valence-corrected chi connectivity index (χ1v) is 3.85. The summed E-state index contributed by atoms with van der Waals surface area (Å²) in [4.78, 5) is 10.7. The molecule has 2 N–H and O–H groups in total. The fourth-order valence-electron chi connectivity index (χ4n) is 0.451. The monoisotopic (exact) mass is 163 g/mol. The normalized spacial score (nSPS) is 12.7. The van der Waals surface area contributed by atoms with Gasteiger partial charge in [0, 0.05) is 13.0 Å². The van der Waals surface area contributed by atoms with Gasteiger partial charge in [0.1, 0.15) is 0 Å². The molecule has 0 saturated carbocycles. The van der Waals surface area contributed by atoms with Crippen molar-refractivity contribution in [3.63, 3.8) is 0 Å². The molecular weight excluding hydrogens is 150 g/mol. The van der Waals surface area contributed by atoms with Crippen LogP contribution in [0.2, 0.25) is 0 Å². The SMILES string of the molecule is CC(O)CNC(=O)CCS. The Bertz CT molecular complexity index is 106. The Labute approximate surface area is 66.2 Å². The first-order chi connectivity index (χ1) is 4.66. The summed E-state index contributed by atoms with van der Waals surface area (Å²) in [5.74, 6) is 0.488. The average Bonchev–Trinajstić information content (AvgIpc) is 1.85. The van der Waals surface area contributed by atoms with E-state index in [0.29, 0.717) is 18.7 Å². The smallest absolute Gasteiger partial charge is 0.220 e. The topological polar surface area (TPSA) is 49.3 Å². The zero-order valence-electron chi connectivity index (χ0n) is 6.00. The predicted octanol–water partition coefficient (Wildman–Crippen LogP) is -0.197. The highest BCUT2D eigenvalue weighted by Gasteiger charge is 1.99. The van der Waals surface area contributed by atoms with Crippen LogP contribution in [0.1, 0.15) is 13.3 Å². The highest BCUT2D eigenvalue weighted by molar-refractivity contribution is 7.80. The zero-order valence-corrected chi connectivity index (χ0v) is 6.90. The molecule has 10 heavy (non-hydrogen) atoms. The lowest BCUT2D eigenvalue weighted by molar-refractivity contribution is -0.121. The van der Waals surface area contributed by atoms with Crippen LogP contribution in [-0.4, -0.2) is 29.4 Å². The quantitative estimate of drug-likeness (QED) is 0.503. The van der Waals surface area contributed by atoms with E-state index in [1.165, 1.54) is 0 Å². The van der Waals surface area contributed by atoms with Crippen LogP contribution in [0, 0.1) is 0 Å². The van der Waals surface area contributed by atoms with Gasteiger partial charge in [-0.15, -0.1) is 0 Å². The number of rotatable bonds is 4. The van der Waals surface area contributed by atoms with Gasteiger partial charge in [-0.25, -0.2) is 0 Å². The van der Waals surface area contributed by atoms with E-state index >= 15 is 0 Å². The molecule has 4 heteroatoms. The molecule has 0 bridgehead atoms. The molecule has 0 heterocycles. The third-order valence-corrected chi connectivity index (χ3v) is 1.16. The molecule has 0 aromatic rings. The van der Waals surface area contributed by atoms with E-state index < -0.39 is 6.10 Å². The summed E-state index contributed by atoms with van der Waals surface area (Å²) in [5, 5.41) is 11.3. The Balaban J connectivity index is 3.22. The Hall–Kier alpha value is -0.220. The van der Waals surface area contributed by atoms with Crippen molar-refractivity contribution in [3.8, 4) is 0 Å². The first kappa shape index (κ1) is 9.78. The van der Waals surface area contributed by atoms with E-state index in [-0.39, 0.29) is 5.91 Å². The maximum Gasteiger partial charge on any atom is 0.220 e. The molecule has 0 aliphatic rings. The van der Waals surface area contributed by atoms with Crippen molar-refractivity contribution in [1.29, 1.82) is 0 Å². The number of thiol groups is 1. The number of amides is 1. The summed E-state index contributed by atoms with van der Waals surface area (Å²) in [6.45, 7) is 1.95. The summed E-state index contributed by atoms with van der Waals surface area (Å²) < 4.78 is 0. The Morgan fingerprint density at radius 3 is 2.80 bits per heavy atom. The minimum Gasteiger partial charge on any atom is -0.392 e. The van der Waals surface area contributed by atoms with E-state index in [2.05, 4.69) is 17.9 Å². The minimum atomic E-state index is -0.469. The van der Waals surface area contributed by atoms with Gasteiger partial charge in [0.15, 0.2) is 0 Å². The van der Waals surface area contributed by atoms with Crippen molar-refractivity contribution in [2.75, 3.05) is 12.3 Å². The summed E-state index contributed by atoms with van der Waals surface area (Å²) in [6, 6.07) is 0. The maximum absolute atomic E-state index is 10.7. The van der Waals surface area contributed by atoms with E-state index in [0.717, 1.165) is 0 Å². The van der Waals surface area contributed by atoms with Gasteiger partial charge < -0.3 is 10.4 Å². The van der Waals surface area contributed by atoms with Gasteiger partial charge in [-0.05, 0) is 12.7 Å². The van der Waals surface area contributed by atoms with Crippen LogP contribution in [0.3, 0.4) is 0 Å². The summed E-state index contributed by atoms with van der Waals surface area (Å²) in [5.41, 5.74) is 0.